The lowest BCUT2D eigenvalue weighted by Gasteiger charge is -2.38. The van der Waals surface area contributed by atoms with E-state index in [9.17, 15) is 9.18 Å². The summed E-state index contributed by atoms with van der Waals surface area (Å²) in [5.74, 6) is -0.645. The number of benzene rings is 1. The van der Waals surface area contributed by atoms with E-state index >= 15 is 0 Å². The average Bonchev–Trinajstić information content (AvgIpc) is 2.39. The van der Waals surface area contributed by atoms with Gasteiger partial charge in [-0.15, -0.1) is 0 Å². The summed E-state index contributed by atoms with van der Waals surface area (Å²) in [5.41, 5.74) is 6.85. The summed E-state index contributed by atoms with van der Waals surface area (Å²) in [6.07, 6.45) is 1.76. The minimum absolute atomic E-state index is 0.114. The molecule has 1 aliphatic heterocycles. The van der Waals surface area contributed by atoms with Gasteiger partial charge in [-0.05, 0) is 49.4 Å². The van der Waals surface area contributed by atoms with Gasteiger partial charge in [-0.2, -0.15) is 0 Å². The summed E-state index contributed by atoms with van der Waals surface area (Å²) in [4.78, 5) is 14.0. The molecule has 0 saturated carbocycles. The van der Waals surface area contributed by atoms with E-state index in [1.165, 1.54) is 6.07 Å². The van der Waals surface area contributed by atoms with Gasteiger partial charge in [-0.3, -0.25) is 4.79 Å². The Morgan fingerprint density at radius 3 is 2.58 bits per heavy atom. The van der Waals surface area contributed by atoms with Gasteiger partial charge >= 0.3 is 0 Å². The molecule has 2 rings (SSSR count). The molecule has 4 heteroatoms. The van der Waals surface area contributed by atoms with Crippen LogP contribution in [-0.2, 0) is 0 Å². The number of piperidine rings is 1. The summed E-state index contributed by atoms with van der Waals surface area (Å²) in [5, 5.41) is 0. The SMILES string of the molecule is Cc1ccc(C(=O)N2CCC(C)(CN)CC2)c(F)c1. The molecule has 3 nitrogen and oxygen atoms in total. The van der Waals surface area contributed by atoms with Crippen molar-refractivity contribution >= 4 is 5.91 Å². The summed E-state index contributed by atoms with van der Waals surface area (Å²) < 4.78 is 13.8. The van der Waals surface area contributed by atoms with Crippen molar-refractivity contribution in [2.75, 3.05) is 19.6 Å². The van der Waals surface area contributed by atoms with Crippen LogP contribution in [0.4, 0.5) is 4.39 Å². The van der Waals surface area contributed by atoms with Gasteiger partial charge in [0.05, 0.1) is 5.56 Å². The Hall–Kier alpha value is -1.42. The molecule has 0 aromatic heterocycles. The summed E-state index contributed by atoms with van der Waals surface area (Å²) in [6, 6.07) is 4.75. The second kappa shape index (κ2) is 5.29. The number of halogens is 1. The van der Waals surface area contributed by atoms with Crippen LogP contribution in [0.5, 0.6) is 0 Å². The minimum atomic E-state index is -0.433. The van der Waals surface area contributed by atoms with Gasteiger partial charge in [0.15, 0.2) is 0 Å². The van der Waals surface area contributed by atoms with E-state index in [1.807, 2.05) is 6.92 Å². The van der Waals surface area contributed by atoms with Crippen molar-refractivity contribution in [2.45, 2.75) is 26.7 Å². The normalized spacial score (nSPS) is 18.4. The van der Waals surface area contributed by atoms with E-state index in [0.717, 1.165) is 18.4 Å². The Morgan fingerprint density at radius 1 is 1.42 bits per heavy atom. The quantitative estimate of drug-likeness (QED) is 0.891. The first kappa shape index (κ1) is 14.0. The third-order valence-corrected chi connectivity index (χ3v) is 4.11. The molecule has 1 heterocycles. The van der Waals surface area contributed by atoms with Crippen molar-refractivity contribution < 1.29 is 9.18 Å². The van der Waals surface area contributed by atoms with E-state index < -0.39 is 5.82 Å². The zero-order valence-electron chi connectivity index (χ0n) is 11.6. The van der Waals surface area contributed by atoms with Crippen LogP contribution in [0.15, 0.2) is 18.2 Å². The van der Waals surface area contributed by atoms with E-state index in [4.69, 9.17) is 5.73 Å². The summed E-state index contributed by atoms with van der Waals surface area (Å²) in [7, 11) is 0. The van der Waals surface area contributed by atoms with Crippen LogP contribution in [0.1, 0.15) is 35.7 Å². The number of rotatable bonds is 2. The Kier molecular flexibility index (Phi) is 3.90. The van der Waals surface area contributed by atoms with Crippen molar-refractivity contribution in [3.8, 4) is 0 Å². The van der Waals surface area contributed by atoms with Crippen LogP contribution in [-0.4, -0.2) is 30.4 Å². The third kappa shape index (κ3) is 2.95. The van der Waals surface area contributed by atoms with E-state index in [-0.39, 0.29) is 16.9 Å². The maximum Gasteiger partial charge on any atom is 0.256 e. The molecule has 0 aliphatic carbocycles. The molecule has 2 N–H and O–H groups in total. The van der Waals surface area contributed by atoms with Crippen LogP contribution < -0.4 is 5.73 Å². The van der Waals surface area contributed by atoms with Crippen LogP contribution in [0.25, 0.3) is 0 Å². The maximum atomic E-state index is 13.8. The standard InChI is InChI=1S/C15H21FN2O/c1-11-3-4-12(13(16)9-11)14(19)18-7-5-15(2,10-17)6-8-18/h3-4,9H,5-8,10,17H2,1-2H3. The zero-order chi connectivity index (χ0) is 14.0. The number of amides is 1. The largest absolute Gasteiger partial charge is 0.339 e. The van der Waals surface area contributed by atoms with Gasteiger partial charge in [0.1, 0.15) is 5.82 Å². The van der Waals surface area contributed by atoms with Crippen LogP contribution in [0.3, 0.4) is 0 Å². The number of carbonyl (C=O) groups is 1. The molecule has 1 aromatic rings. The number of hydrogen-bond acceptors (Lipinski definition) is 2. The second-order valence-corrected chi connectivity index (χ2v) is 5.79. The van der Waals surface area contributed by atoms with E-state index in [0.29, 0.717) is 19.6 Å². The monoisotopic (exact) mass is 264 g/mol. The third-order valence-electron chi connectivity index (χ3n) is 4.11. The van der Waals surface area contributed by atoms with Gasteiger partial charge in [0, 0.05) is 13.1 Å². The molecular formula is C15H21FN2O. The molecule has 0 radical (unpaired) electrons. The van der Waals surface area contributed by atoms with Gasteiger partial charge in [0.25, 0.3) is 5.91 Å². The highest BCUT2D eigenvalue weighted by atomic mass is 19.1. The lowest BCUT2D eigenvalue weighted by Crippen LogP contribution is -2.45. The fourth-order valence-electron chi connectivity index (χ4n) is 2.42. The number of hydrogen-bond donors (Lipinski definition) is 1. The van der Waals surface area contributed by atoms with Gasteiger partial charge in [-0.25, -0.2) is 4.39 Å². The van der Waals surface area contributed by atoms with Crippen molar-refractivity contribution in [1.29, 1.82) is 0 Å². The highest BCUT2D eigenvalue weighted by molar-refractivity contribution is 5.94. The van der Waals surface area contributed by atoms with Crippen LogP contribution >= 0.6 is 0 Å². The molecule has 104 valence electrons. The molecule has 0 atom stereocenters. The number of nitrogens with two attached hydrogens (primary N) is 1. The molecule has 1 saturated heterocycles. The number of aryl methyl sites for hydroxylation is 1. The summed E-state index contributed by atoms with van der Waals surface area (Å²) in [6.45, 7) is 5.89. The van der Waals surface area contributed by atoms with Gasteiger partial charge in [0.2, 0.25) is 0 Å². The molecule has 1 aromatic carbocycles. The zero-order valence-corrected chi connectivity index (χ0v) is 11.6. The first-order valence-corrected chi connectivity index (χ1v) is 6.71. The Labute approximate surface area is 113 Å². The number of likely N-dealkylation sites (tertiary alicyclic amines) is 1. The molecule has 19 heavy (non-hydrogen) atoms. The van der Waals surface area contributed by atoms with E-state index in [1.54, 1.807) is 17.0 Å². The van der Waals surface area contributed by atoms with Crippen LogP contribution in [0, 0.1) is 18.2 Å². The maximum absolute atomic E-state index is 13.8. The van der Waals surface area contributed by atoms with E-state index in [2.05, 4.69) is 6.92 Å². The fourth-order valence-corrected chi connectivity index (χ4v) is 2.42. The molecular weight excluding hydrogens is 243 g/mol. The van der Waals surface area contributed by atoms with Gasteiger partial charge in [-0.1, -0.05) is 13.0 Å². The highest BCUT2D eigenvalue weighted by Crippen LogP contribution is 2.30. The van der Waals surface area contributed by atoms with Crippen molar-refractivity contribution in [3.63, 3.8) is 0 Å². The Morgan fingerprint density at radius 2 is 2.05 bits per heavy atom. The summed E-state index contributed by atoms with van der Waals surface area (Å²) >= 11 is 0. The van der Waals surface area contributed by atoms with Crippen molar-refractivity contribution in [3.05, 3.63) is 35.1 Å². The minimum Gasteiger partial charge on any atom is -0.339 e. The average molecular weight is 264 g/mol. The second-order valence-electron chi connectivity index (χ2n) is 5.79. The lowest BCUT2D eigenvalue weighted by atomic mass is 9.80. The molecule has 1 amide bonds. The molecule has 0 bridgehead atoms. The fraction of sp³-hybridized carbons (Fsp3) is 0.533. The predicted octanol–water partition coefficient (Wildman–Crippen LogP) is 2.34. The van der Waals surface area contributed by atoms with Crippen molar-refractivity contribution in [2.24, 2.45) is 11.1 Å². The molecule has 1 fully saturated rings. The smallest absolute Gasteiger partial charge is 0.256 e. The Balaban J connectivity index is 2.09. The number of nitrogens with zero attached hydrogens (tertiary/aromatic N) is 1. The highest BCUT2D eigenvalue weighted by Gasteiger charge is 2.31. The number of carbonyl (C=O) groups excluding carboxylic acids is 1. The Bertz CT molecular complexity index is 479. The first-order chi connectivity index (χ1) is 8.95. The molecule has 1 aliphatic rings. The molecule has 0 spiro atoms. The lowest BCUT2D eigenvalue weighted by molar-refractivity contribution is 0.0613. The molecule has 0 unspecified atom stereocenters. The van der Waals surface area contributed by atoms with Gasteiger partial charge < -0.3 is 10.6 Å². The topological polar surface area (TPSA) is 46.3 Å². The first-order valence-electron chi connectivity index (χ1n) is 6.71. The van der Waals surface area contributed by atoms with Crippen molar-refractivity contribution in [1.82, 2.24) is 4.90 Å². The predicted molar refractivity (Wildman–Crippen MR) is 73.4 cm³/mol. The van der Waals surface area contributed by atoms with Crippen LogP contribution in [0.2, 0.25) is 0 Å².